The van der Waals surface area contributed by atoms with Gasteiger partial charge in [0.05, 0.1) is 18.6 Å². The quantitative estimate of drug-likeness (QED) is 0.731. The zero-order valence-corrected chi connectivity index (χ0v) is 13.5. The Morgan fingerprint density at radius 3 is 2.91 bits per heavy atom. The lowest BCUT2D eigenvalue weighted by Gasteiger charge is -2.22. The minimum absolute atomic E-state index is 0.146. The van der Waals surface area contributed by atoms with Gasteiger partial charge in [-0.15, -0.1) is 0 Å². The Labute approximate surface area is 131 Å². The average molecular weight is 344 g/mol. The van der Waals surface area contributed by atoms with Crippen LogP contribution < -0.4 is 0 Å². The first kappa shape index (κ1) is 16.4. The zero-order chi connectivity index (χ0) is 16.6. The maximum absolute atomic E-state index is 11.0. The molecule has 0 saturated carbocycles. The van der Waals surface area contributed by atoms with Crippen LogP contribution in [0.2, 0.25) is 0 Å². The molecule has 0 spiro atoms. The Kier molecular flexibility index (Phi) is 4.45. The van der Waals surface area contributed by atoms with Gasteiger partial charge in [-0.2, -0.15) is 0 Å². The van der Waals surface area contributed by atoms with Gasteiger partial charge in [0, 0.05) is 7.11 Å². The van der Waals surface area contributed by atoms with E-state index < -0.39 is 32.4 Å². The van der Waals surface area contributed by atoms with E-state index in [9.17, 15) is 4.57 Å². The number of rotatable bonds is 5. The summed E-state index contributed by atoms with van der Waals surface area (Å²) in [6.45, 7) is 1.98. The van der Waals surface area contributed by atoms with E-state index in [-0.39, 0.29) is 6.61 Å². The SMILES string of the molecule is CO[C@@H]1[C@@H](OCP(=O)(O)O)CO[C@H]1n1cnc2c(C)ncnc21. The van der Waals surface area contributed by atoms with E-state index >= 15 is 0 Å². The van der Waals surface area contributed by atoms with Crippen molar-refractivity contribution >= 4 is 18.8 Å². The van der Waals surface area contributed by atoms with Crippen LogP contribution in [0.5, 0.6) is 0 Å². The largest absolute Gasteiger partial charge is 0.374 e. The highest BCUT2D eigenvalue weighted by molar-refractivity contribution is 7.51. The smallest absolute Gasteiger partial charge is 0.350 e. The second-order valence-corrected chi connectivity index (χ2v) is 6.79. The zero-order valence-electron chi connectivity index (χ0n) is 12.6. The molecular formula is C12H17N4O6P. The molecule has 23 heavy (non-hydrogen) atoms. The van der Waals surface area contributed by atoms with Crippen molar-refractivity contribution in [2.75, 3.05) is 20.1 Å². The molecule has 3 rings (SSSR count). The molecule has 1 saturated heterocycles. The summed E-state index contributed by atoms with van der Waals surface area (Å²) >= 11 is 0. The summed E-state index contributed by atoms with van der Waals surface area (Å²) in [5.41, 5.74) is 2.00. The third-order valence-corrected chi connectivity index (χ3v) is 4.11. The predicted molar refractivity (Wildman–Crippen MR) is 77.6 cm³/mol. The van der Waals surface area contributed by atoms with E-state index in [1.807, 2.05) is 6.92 Å². The topological polar surface area (TPSA) is 129 Å². The first-order valence-electron chi connectivity index (χ1n) is 6.85. The van der Waals surface area contributed by atoms with Crippen LogP contribution in [0.4, 0.5) is 0 Å². The van der Waals surface area contributed by atoms with Gasteiger partial charge in [-0.3, -0.25) is 9.13 Å². The number of ether oxygens (including phenoxy) is 3. The van der Waals surface area contributed by atoms with Crippen LogP contribution in [0.3, 0.4) is 0 Å². The number of aromatic nitrogens is 4. The fourth-order valence-electron chi connectivity index (χ4n) is 2.56. The van der Waals surface area contributed by atoms with Gasteiger partial charge in [0.1, 0.15) is 30.4 Å². The molecule has 1 aliphatic heterocycles. The molecule has 0 aromatic carbocycles. The van der Waals surface area contributed by atoms with Crippen molar-refractivity contribution in [3.05, 3.63) is 18.3 Å². The molecule has 10 nitrogen and oxygen atoms in total. The fourth-order valence-corrected chi connectivity index (χ4v) is 2.95. The van der Waals surface area contributed by atoms with Crippen LogP contribution in [0.25, 0.3) is 11.2 Å². The summed E-state index contributed by atoms with van der Waals surface area (Å²) in [6, 6.07) is 0. The standard InChI is InChI=1S/C12H17N4O6P/c1-7-9-11(14-4-13-7)16(5-15-9)12-10(20-2)8(3-21-12)22-6-23(17,18)19/h4-5,8,10,12H,3,6H2,1-2H3,(H2,17,18,19)/t8-,10+,12+/m0/s1. The number of hydrogen-bond acceptors (Lipinski definition) is 7. The fraction of sp³-hybridized carbons (Fsp3) is 0.583. The summed E-state index contributed by atoms with van der Waals surface area (Å²) in [6.07, 6.45) is 0.635. The highest BCUT2D eigenvalue weighted by Crippen LogP contribution is 2.37. The summed E-state index contributed by atoms with van der Waals surface area (Å²) in [4.78, 5) is 30.4. The minimum atomic E-state index is -4.25. The van der Waals surface area contributed by atoms with Crippen LogP contribution in [0.15, 0.2) is 12.7 Å². The van der Waals surface area contributed by atoms with Crippen LogP contribution >= 0.6 is 7.60 Å². The minimum Gasteiger partial charge on any atom is -0.374 e. The molecule has 1 aliphatic rings. The third kappa shape index (κ3) is 3.27. The highest BCUT2D eigenvalue weighted by Gasteiger charge is 2.41. The molecule has 2 aromatic heterocycles. The Balaban J connectivity index is 1.85. The van der Waals surface area contributed by atoms with Crippen molar-refractivity contribution in [2.45, 2.75) is 25.4 Å². The molecule has 3 heterocycles. The monoisotopic (exact) mass is 344 g/mol. The molecule has 2 aromatic rings. The van der Waals surface area contributed by atoms with Crippen LogP contribution in [-0.4, -0.2) is 61.6 Å². The van der Waals surface area contributed by atoms with E-state index in [1.54, 1.807) is 10.9 Å². The number of nitrogens with zero attached hydrogens (tertiary/aromatic N) is 4. The van der Waals surface area contributed by atoms with E-state index in [2.05, 4.69) is 15.0 Å². The van der Waals surface area contributed by atoms with Gasteiger partial charge in [-0.05, 0) is 6.92 Å². The molecule has 0 aliphatic carbocycles. The van der Waals surface area contributed by atoms with Crippen LogP contribution in [-0.2, 0) is 18.8 Å². The van der Waals surface area contributed by atoms with Crippen molar-refractivity contribution in [1.82, 2.24) is 19.5 Å². The normalized spacial score (nSPS) is 25.3. The second-order valence-electron chi connectivity index (χ2n) is 5.21. The van der Waals surface area contributed by atoms with Gasteiger partial charge >= 0.3 is 7.60 Å². The van der Waals surface area contributed by atoms with E-state index in [4.69, 9.17) is 24.0 Å². The van der Waals surface area contributed by atoms with E-state index in [0.717, 1.165) is 5.69 Å². The van der Waals surface area contributed by atoms with Gasteiger partial charge in [0.25, 0.3) is 0 Å². The summed E-state index contributed by atoms with van der Waals surface area (Å²) in [5.74, 6) is 0. The predicted octanol–water partition coefficient (Wildman–Crippen LogP) is 0.199. The Bertz CT molecular complexity index is 746. The van der Waals surface area contributed by atoms with Crippen LogP contribution in [0.1, 0.15) is 11.9 Å². The maximum Gasteiger partial charge on any atom is 0.350 e. The molecule has 3 atom stereocenters. The highest BCUT2D eigenvalue weighted by atomic mass is 31.2. The lowest BCUT2D eigenvalue weighted by atomic mass is 10.2. The van der Waals surface area contributed by atoms with Gasteiger partial charge in [0.15, 0.2) is 11.9 Å². The Morgan fingerprint density at radius 1 is 1.43 bits per heavy atom. The average Bonchev–Trinajstić information content (AvgIpc) is 3.07. The van der Waals surface area contributed by atoms with Crippen molar-refractivity contribution in [3.8, 4) is 0 Å². The first-order valence-corrected chi connectivity index (χ1v) is 8.65. The molecule has 0 radical (unpaired) electrons. The van der Waals surface area contributed by atoms with Gasteiger partial charge in [-0.25, -0.2) is 15.0 Å². The molecule has 126 valence electrons. The van der Waals surface area contributed by atoms with Crippen molar-refractivity contribution in [2.24, 2.45) is 0 Å². The molecule has 2 N–H and O–H groups in total. The van der Waals surface area contributed by atoms with Gasteiger partial charge in [-0.1, -0.05) is 0 Å². The molecule has 11 heteroatoms. The first-order chi connectivity index (χ1) is 10.9. The number of fused-ring (bicyclic) bond motifs is 1. The number of hydrogen-bond donors (Lipinski definition) is 2. The molecule has 0 amide bonds. The molecule has 1 fully saturated rings. The van der Waals surface area contributed by atoms with Crippen molar-refractivity contribution < 1.29 is 28.6 Å². The molecular weight excluding hydrogens is 327 g/mol. The summed E-state index contributed by atoms with van der Waals surface area (Å²) in [5, 5.41) is 0. The molecule has 0 unspecified atom stereocenters. The molecule has 0 bridgehead atoms. The van der Waals surface area contributed by atoms with Crippen molar-refractivity contribution in [3.63, 3.8) is 0 Å². The number of aryl methyl sites for hydroxylation is 1. The Hall–Kier alpha value is -1.42. The lowest BCUT2D eigenvalue weighted by molar-refractivity contribution is -0.0532. The number of imidazole rings is 1. The van der Waals surface area contributed by atoms with Crippen molar-refractivity contribution in [1.29, 1.82) is 0 Å². The second kappa shape index (κ2) is 6.23. The number of methoxy groups -OCH3 is 1. The van der Waals surface area contributed by atoms with Gasteiger partial charge in [0.2, 0.25) is 0 Å². The van der Waals surface area contributed by atoms with Gasteiger partial charge < -0.3 is 24.0 Å². The Morgan fingerprint density at radius 2 is 2.22 bits per heavy atom. The lowest BCUT2D eigenvalue weighted by Crippen LogP contribution is -2.32. The summed E-state index contributed by atoms with van der Waals surface area (Å²) in [7, 11) is -2.77. The third-order valence-electron chi connectivity index (χ3n) is 3.62. The van der Waals surface area contributed by atoms with E-state index in [1.165, 1.54) is 13.4 Å². The van der Waals surface area contributed by atoms with E-state index in [0.29, 0.717) is 11.2 Å². The summed E-state index contributed by atoms with van der Waals surface area (Å²) < 4.78 is 29.0. The van der Waals surface area contributed by atoms with Crippen LogP contribution in [0, 0.1) is 6.92 Å². The maximum atomic E-state index is 11.0.